The van der Waals surface area contributed by atoms with Gasteiger partial charge < -0.3 is 15.0 Å². The number of anilines is 3. The van der Waals surface area contributed by atoms with E-state index in [-0.39, 0.29) is 17.3 Å². The summed E-state index contributed by atoms with van der Waals surface area (Å²) in [6.07, 6.45) is -2.62. The van der Waals surface area contributed by atoms with Crippen LogP contribution in [0.25, 0.3) is 11.5 Å². The van der Waals surface area contributed by atoms with E-state index in [4.69, 9.17) is 4.74 Å². The van der Waals surface area contributed by atoms with Gasteiger partial charge in [-0.05, 0) is 26.0 Å². The number of aromatic nitrogens is 4. The fraction of sp³-hybridized carbons (Fsp3) is 0.333. The van der Waals surface area contributed by atoms with Crippen LogP contribution in [0.4, 0.5) is 29.8 Å². The highest BCUT2D eigenvalue weighted by molar-refractivity contribution is 7.09. The van der Waals surface area contributed by atoms with Crippen LogP contribution in [0, 0.1) is 0 Å². The van der Waals surface area contributed by atoms with Gasteiger partial charge in [-0.1, -0.05) is 0 Å². The Labute approximate surface area is 169 Å². The first kappa shape index (κ1) is 20.8. The predicted molar refractivity (Wildman–Crippen MR) is 106 cm³/mol. The maximum absolute atomic E-state index is 13.2. The van der Waals surface area contributed by atoms with Crippen molar-refractivity contribution in [2.75, 3.05) is 24.3 Å². The van der Waals surface area contributed by atoms with Crippen molar-refractivity contribution < 1.29 is 17.9 Å². The lowest BCUT2D eigenvalue weighted by atomic mass is 10.2. The average Bonchev–Trinajstić information content (AvgIpc) is 3.09. The SMILES string of the molecule is CC(C)Oc1cc(-c2nsc(Nc3ncccc3N(C)C)n2)ncc1C(F)(F)F. The van der Waals surface area contributed by atoms with Crippen molar-refractivity contribution in [3.8, 4) is 17.3 Å². The standard InChI is InChI=1S/C18H19F3N6OS/c1-10(2)28-14-8-12(23-9-11(14)18(19,20)21)15-24-17(29-26-15)25-16-13(27(3)4)6-5-7-22-16/h5-10H,1-4H3,(H,22,24,25,26). The molecule has 3 rings (SSSR count). The Morgan fingerprint density at radius 1 is 1.21 bits per heavy atom. The van der Waals surface area contributed by atoms with E-state index >= 15 is 0 Å². The summed E-state index contributed by atoms with van der Waals surface area (Å²) in [5, 5.41) is 3.52. The highest BCUT2D eigenvalue weighted by Crippen LogP contribution is 2.38. The topological polar surface area (TPSA) is 76.1 Å². The molecule has 0 aliphatic carbocycles. The minimum absolute atomic E-state index is 0.187. The van der Waals surface area contributed by atoms with E-state index in [1.807, 2.05) is 31.1 Å². The smallest absolute Gasteiger partial charge is 0.421 e. The van der Waals surface area contributed by atoms with Crippen molar-refractivity contribution in [2.45, 2.75) is 26.1 Å². The Morgan fingerprint density at radius 3 is 2.62 bits per heavy atom. The molecule has 29 heavy (non-hydrogen) atoms. The van der Waals surface area contributed by atoms with Gasteiger partial charge >= 0.3 is 6.18 Å². The Bertz CT molecular complexity index is 990. The van der Waals surface area contributed by atoms with Crippen LogP contribution in [0.2, 0.25) is 0 Å². The number of nitrogens with zero attached hydrogens (tertiary/aromatic N) is 5. The number of halogens is 3. The molecule has 0 aliphatic heterocycles. The van der Waals surface area contributed by atoms with Gasteiger partial charge in [-0.15, -0.1) is 0 Å². The zero-order valence-electron chi connectivity index (χ0n) is 16.2. The van der Waals surface area contributed by atoms with Crippen molar-refractivity contribution in [3.63, 3.8) is 0 Å². The highest BCUT2D eigenvalue weighted by Gasteiger charge is 2.35. The van der Waals surface area contributed by atoms with E-state index in [0.29, 0.717) is 10.9 Å². The Morgan fingerprint density at radius 2 is 1.97 bits per heavy atom. The number of alkyl halides is 3. The summed E-state index contributed by atoms with van der Waals surface area (Å²) in [5.41, 5.74) is 0.101. The fourth-order valence-corrected chi connectivity index (χ4v) is 3.03. The minimum atomic E-state index is -4.57. The summed E-state index contributed by atoms with van der Waals surface area (Å²) in [7, 11) is 3.77. The van der Waals surface area contributed by atoms with Gasteiger partial charge in [0.25, 0.3) is 0 Å². The summed E-state index contributed by atoms with van der Waals surface area (Å²) in [6, 6.07) is 4.92. The molecule has 0 spiro atoms. The van der Waals surface area contributed by atoms with Crippen molar-refractivity contribution in [1.29, 1.82) is 0 Å². The molecule has 0 amide bonds. The molecule has 1 N–H and O–H groups in total. The average molecular weight is 424 g/mol. The summed E-state index contributed by atoms with van der Waals surface area (Å²) < 4.78 is 49.2. The van der Waals surface area contributed by atoms with Gasteiger partial charge in [0.1, 0.15) is 17.0 Å². The fourth-order valence-electron chi connectivity index (χ4n) is 2.46. The number of ether oxygens (including phenoxy) is 1. The molecule has 0 aromatic carbocycles. The monoisotopic (exact) mass is 424 g/mol. The van der Waals surface area contributed by atoms with Gasteiger partial charge in [-0.3, -0.25) is 4.98 Å². The molecule has 3 aromatic rings. The van der Waals surface area contributed by atoms with Gasteiger partial charge in [-0.25, -0.2) is 4.98 Å². The summed E-state index contributed by atoms with van der Waals surface area (Å²) >= 11 is 1.06. The van der Waals surface area contributed by atoms with Crippen LogP contribution in [0.5, 0.6) is 5.75 Å². The Hall–Kier alpha value is -2.95. The molecular formula is C18H19F3N6OS. The number of pyridine rings is 2. The zero-order valence-corrected chi connectivity index (χ0v) is 17.0. The Balaban J connectivity index is 1.91. The minimum Gasteiger partial charge on any atom is -0.490 e. The third kappa shape index (κ3) is 4.91. The normalized spacial score (nSPS) is 11.6. The number of rotatable bonds is 6. The van der Waals surface area contributed by atoms with Crippen molar-refractivity contribution in [3.05, 3.63) is 36.2 Å². The summed E-state index contributed by atoms with van der Waals surface area (Å²) in [4.78, 5) is 14.4. The molecule has 0 bridgehead atoms. The third-order valence-corrected chi connectivity index (χ3v) is 4.31. The van der Waals surface area contributed by atoms with Gasteiger partial charge in [-0.2, -0.15) is 22.5 Å². The highest BCUT2D eigenvalue weighted by atomic mass is 32.1. The summed E-state index contributed by atoms with van der Waals surface area (Å²) in [6.45, 7) is 3.30. The molecule has 0 saturated heterocycles. The number of hydrogen-bond donors (Lipinski definition) is 1. The first-order valence-corrected chi connectivity index (χ1v) is 9.40. The summed E-state index contributed by atoms with van der Waals surface area (Å²) in [5.74, 6) is 0.480. The van der Waals surface area contributed by atoms with Crippen LogP contribution in [-0.4, -0.2) is 39.5 Å². The lowest BCUT2D eigenvalue weighted by Crippen LogP contribution is -2.13. The molecule has 0 saturated carbocycles. The molecule has 0 atom stereocenters. The molecule has 3 heterocycles. The largest absolute Gasteiger partial charge is 0.490 e. The molecule has 154 valence electrons. The maximum atomic E-state index is 13.2. The second-order valence-electron chi connectivity index (χ2n) is 6.54. The van der Waals surface area contributed by atoms with Gasteiger partial charge in [0, 0.05) is 44.1 Å². The molecule has 0 radical (unpaired) electrons. The van der Waals surface area contributed by atoms with Gasteiger partial charge in [0.15, 0.2) is 11.6 Å². The molecule has 0 aliphatic rings. The van der Waals surface area contributed by atoms with Gasteiger partial charge in [0.2, 0.25) is 5.13 Å². The molecular weight excluding hydrogens is 405 g/mol. The Kier molecular flexibility index (Phi) is 5.87. The van der Waals surface area contributed by atoms with Crippen molar-refractivity contribution in [1.82, 2.24) is 19.3 Å². The van der Waals surface area contributed by atoms with Crippen LogP contribution >= 0.6 is 11.5 Å². The van der Waals surface area contributed by atoms with E-state index in [9.17, 15) is 13.2 Å². The quantitative estimate of drug-likeness (QED) is 0.619. The second-order valence-corrected chi connectivity index (χ2v) is 7.30. The van der Waals surface area contributed by atoms with Crippen molar-refractivity contribution >= 4 is 28.2 Å². The molecule has 0 unspecified atom stereocenters. The molecule has 0 fully saturated rings. The van der Waals surface area contributed by atoms with E-state index in [1.54, 1.807) is 20.0 Å². The van der Waals surface area contributed by atoms with Crippen LogP contribution in [-0.2, 0) is 6.18 Å². The zero-order chi connectivity index (χ0) is 21.2. The van der Waals surface area contributed by atoms with Crippen LogP contribution in [0.15, 0.2) is 30.6 Å². The van der Waals surface area contributed by atoms with Crippen LogP contribution in [0.3, 0.4) is 0 Å². The van der Waals surface area contributed by atoms with E-state index < -0.39 is 17.8 Å². The lowest BCUT2D eigenvalue weighted by Gasteiger charge is -2.16. The predicted octanol–water partition coefficient (Wildman–Crippen LogP) is 4.61. The lowest BCUT2D eigenvalue weighted by molar-refractivity contribution is -0.139. The molecule has 7 nitrogen and oxygen atoms in total. The number of nitrogens with one attached hydrogen (secondary N) is 1. The van der Waals surface area contributed by atoms with Crippen LogP contribution in [0.1, 0.15) is 19.4 Å². The first-order chi connectivity index (χ1) is 13.6. The third-order valence-electron chi connectivity index (χ3n) is 3.68. The van der Waals surface area contributed by atoms with Crippen molar-refractivity contribution in [2.24, 2.45) is 0 Å². The van der Waals surface area contributed by atoms with Gasteiger partial charge in [0.05, 0.1) is 11.8 Å². The van der Waals surface area contributed by atoms with E-state index in [1.165, 1.54) is 6.07 Å². The molecule has 3 aromatic heterocycles. The maximum Gasteiger partial charge on any atom is 0.421 e. The number of hydrogen-bond acceptors (Lipinski definition) is 8. The van der Waals surface area contributed by atoms with E-state index in [0.717, 1.165) is 23.4 Å². The van der Waals surface area contributed by atoms with E-state index in [2.05, 4.69) is 24.6 Å². The first-order valence-electron chi connectivity index (χ1n) is 8.62. The molecule has 11 heteroatoms. The van der Waals surface area contributed by atoms with Crippen LogP contribution < -0.4 is 15.0 Å². The second kappa shape index (κ2) is 8.19.